The van der Waals surface area contributed by atoms with Crippen molar-refractivity contribution in [3.05, 3.63) is 24.3 Å². The monoisotopic (exact) mass is 279 g/mol. The molecular formula is C15H25N3O2. The molecule has 1 aromatic carbocycles. The van der Waals surface area contributed by atoms with Gasteiger partial charge in [0.2, 0.25) is 5.91 Å². The lowest BCUT2D eigenvalue weighted by Gasteiger charge is -2.21. The average molecular weight is 279 g/mol. The number of nitrogens with zero attached hydrogens (tertiary/aromatic N) is 2. The molecule has 0 aliphatic heterocycles. The molecule has 1 amide bonds. The maximum atomic E-state index is 11.6. The predicted octanol–water partition coefficient (Wildman–Crippen LogP) is 1.45. The van der Waals surface area contributed by atoms with E-state index in [2.05, 4.69) is 11.8 Å². The third kappa shape index (κ3) is 5.93. The maximum absolute atomic E-state index is 11.6. The molecule has 0 unspecified atom stereocenters. The number of carbonyl (C=O) groups excluding carboxylic acids is 1. The highest BCUT2D eigenvalue weighted by Crippen LogP contribution is 2.13. The van der Waals surface area contributed by atoms with E-state index >= 15 is 0 Å². The Hall–Kier alpha value is -1.75. The van der Waals surface area contributed by atoms with Gasteiger partial charge >= 0.3 is 0 Å². The standard InChI is InChI=1S/C15H25N3O2/c1-4-18(12-15(19)17(2)3)10-5-11-20-14-8-6-13(16)7-9-14/h6-9H,4-5,10-12,16H2,1-3H3. The summed E-state index contributed by atoms with van der Waals surface area (Å²) in [6.07, 6.45) is 0.888. The van der Waals surface area contributed by atoms with Crippen molar-refractivity contribution in [2.24, 2.45) is 0 Å². The molecule has 0 heterocycles. The second-order valence-electron chi connectivity index (χ2n) is 4.93. The fraction of sp³-hybridized carbons (Fsp3) is 0.533. The summed E-state index contributed by atoms with van der Waals surface area (Å²) in [5.74, 6) is 0.956. The van der Waals surface area contributed by atoms with Crippen LogP contribution in [-0.2, 0) is 4.79 Å². The highest BCUT2D eigenvalue weighted by molar-refractivity contribution is 5.77. The van der Waals surface area contributed by atoms with Gasteiger partial charge in [-0.2, -0.15) is 0 Å². The SMILES string of the molecule is CCN(CCCOc1ccc(N)cc1)CC(=O)N(C)C. The van der Waals surface area contributed by atoms with Crippen LogP contribution in [0.2, 0.25) is 0 Å². The normalized spacial score (nSPS) is 10.6. The number of nitrogens with two attached hydrogens (primary N) is 1. The van der Waals surface area contributed by atoms with Crippen molar-refractivity contribution in [2.75, 3.05) is 46.1 Å². The van der Waals surface area contributed by atoms with Crippen molar-refractivity contribution in [3.63, 3.8) is 0 Å². The number of rotatable bonds is 8. The van der Waals surface area contributed by atoms with E-state index in [1.54, 1.807) is 19.0 Å². The number of amides is 1. The highest BCUT2D eigenvalue weighted by atomic mass is 16.5. The molecule has 112 valence electrons. The van der Waals surface area contributed by atoms with Crippen molar-refractivity contribution < 1.29 is 9.53 Å². The van der Waals surface area contributed by atoms with Gasteiger partial charge in [-0.3, -0.25) is 9.69 Å². The van der Waals surface area contributed by atoms with Crippen LogP contribution in [-0.4, -0.2) is 56.0 Å². The molecule has 0 radical (unpaired) electrons. The first-order valence-electron chi connectivity index (χ1n) is 6.93. The Labute approximate surface area is 121 Å². The Balaban J connectivity index is 2.24. The van der Waals surface area contributed by atoms with E-state index in [1.807, 2.05) is 24.3 Å². The first-order chi connectivity index (χ1) is 9.52. The van der Waals surface area contributed by atoms with E-state index in [-0.39, 0.29) is 5.91 Å². The summed E-state index contributed by atoms with van der Waals surface area (Å²) >= 11 is 0. The molecular weight excluding hydrogens is 254 g/mol. The van der Waals surface area contributed by atoms with Gasteiger partial charge in [0, 0.05) is 26.3 Å². The minimum Gasteiger partial charge on any atom is -0.494 e. The van der Waals surface area contributed by atoms with Crippen LogP contribution in [0.5, 0.6) is 5.75 Å². The van der Waals surface area contributed by atoms with Gasteiger partial charge in [0.05, 0.1) is 13.2 Å². The molecule has 0 saturated heterocycles. The van der Waals surface area contributed by atoms with Gasteiger partial charge in [-0.25, -0.2) is 0 Å². The highest BCUT2D eigenvalue weighted by Gasteiger charge is 2.10. The van der Waals surface area contributed by atoms with Crippen molar-refractivity contribution in [3.8, 4) is 5.75 Å². The van der Waals surface area contributed by atoms with Crippen LogP contribution in [0.25, 0.3) is 0 Å². The Kier molecular flexibility index (Phi) is 6.87. The molecule has 1 aromatic rings. The zero-order valence-electron chi connectivity index (χ0n) is 12.6. The molecule has 0 fully saturated rings. The average Bonchev–Trinajstić information content (AvgIpc) is 2.43. The molecule has 5 nitrogen and oxygen atoms in total. The summed E-state index contributed by atoms with van der Waals surface area (Å²) < 4.78 is 5.63. The van der Waals surface area contributed by atoms with Crippen molar-refractivity contribution in [1.82, 2.24) is 9.80 Å². The lowest BCUT2D eigenvalue weighted by Crippen LogP contribution is -2.37. The van der Waals surface area contributed by atoms with Gasteiger partial charge < -0.3 is 15.4 Å². The van der Waals surface area contributed by atoms with Crippen LogP contribution in [0.1, 0.15) is 13.3 Å². The van der Waals surface area contributed by atoms with Gasteiger partial charge in [-0.05, 0) is 37.2 Å². The van der Waals surface area contributed by atoms with Crippen LogP contribution in [0.4, 0.5) is 5.69 Å². The van der Waals surface area contributed by atoms with Gasteiger partial charge in [0.1, 0.15) is 5.75 Å². The predicted molar refractivity (Wildman–Crippen MR) is 81.8 cm³/mol. The fourth-order valence-electron chi connectivity index (χ4n) is 1.72. The molecule has 0 saturated carbocycles. The van der Waals surface area contributed by atoms with E-state index in [9.17, 15) is 4.79 Å². The maximum Gasteiger partial charge on any atom is 0.236 e. The number of benzene rings is 1. The molecule has 2 N–H and O–H groups in total. The molecule has 0 aromatic heterocycles. The lowest BCUT2D eigenvalue weighted by molar-refractivity contribution is -0.129. The fourth-order valence-corrected chi connectivity index (χ4v) is 1.72. The van der Waals surface area contributed by atoms with Gasteiger partial charge in [0.25, 0.3) is 0 Å². The quantitative estimate of drug-likeness (QED) is 0.578. The smallest absolute Gasteiger partial charge is 0.236 e. The Bertz CT molecular complexity index is 404. The summed E-state index contributed by atoms with van der Waals surface area (Å²) in [6, 6.07) is 7.37. The van der Waals surface area contributed by atoms with Gasteiger partial charge in [-0.15, -0.1) is 0 Å². The van der Waals surface area contributed by atoms with Crippen molar-refractivity contribution in [1.29, 1.82) is 0 Å². The second-order valence-corrected chi connectivity index (χ2v) is 4.93. The second kappa shape index (κ2) is 8.43. The third-order valence-corrected chi connectivity index (χ3v) is 3.07. The van der Waals surface area contributed by atoms with Crippen molar-refractivity contribution in [2.45, 2.75) is 13.3 Å². The minimum absolute atomic E-state index is 0.131. The summed E-state index contributed by atoms with van der Waals surface area (Å²) in [5.41, 5.74) is 6.34. The summed E-state index contributed by atoms with van der Waals surface area (Å²) in [6.45, 7) is 4.87. The molecule has 5 heteroatoms. The first-order valence-corrected chi connectivity index (χ1v) is 6.93. The van der Waals surface area contributed by atoms with Crippen LogP contribution >= 0.6 is 0 Å². The number of hydrogen-bond donors (Lipinski definition) is 1. The molecule has 0 aliphatic rings. The van der Waals surface area contributed by atoms with Gasteiger partial charge in [0.15, 0.2) is 0 Å². The Morgan fingerprint density at radius 2 is 1.90 bits per heavy atom. The molecule has 0 aliphatic carbocycles. The van der Waals surface area contributed by atoms with Crippen LogP contribution < -0.4 is 10.5 Å². The van der Waals surface area contributed by atoms with E-state index in [1.165, 1.54) is 0 Å². The number of hydrogen-bond acceptors (Lipinski definition) is 4. The number of anilines is 1. The zero-order chi connectivity index (χ0) is 15.0. The first kappa shape index (κ1) is 16.3. The Morgan fingerprint density at radius 1 is 1.25 bits per heavy atom. The molecule has 0 atom stereocenters. The van der Waals surface area contributed by atoms with Crippen LogP contribution in [0.3, 0.4) is 0 Å². The molecule has 0 bridgehead atoms. The molecule has 0 spiro atoms. The number of likely N-dealkylation sites (N-methyl/N-ethyl adjacent to an activating group) is 2. The number of nitrogen functional groups attached to an aromatic ring is 1. The molecule has 20 heavy (non-hydrogen) atoms. The summed E-state index contributed by atoms with van der Waals surface area (Å²) in [5, 5.41) is 0. The van der Waals surface area contributed by atoms with E-state index < -0.39 is 0 Å². The van der Waals surface area contributed by atoms with Gasteiger partial charge in [-0.1, -0.05) is 6.92 Å². The minimum atomic E-state index is 0.131. The largest absolute Gasteiger partial charge is 0.494 e. The topological polar surface area (TPSA) is 58.8 Å². The Morgan fingerprint density at radius 3 is 2.45 bits per heavy atom. The third-order valence-electron chi connectivity index (χ3n) is 3.07. The molecule has 1 rings (SSSR count). The lowest BCUT2D eigenvalue weighted by atomic mass is 10.3. The van der Waals surface area contributed by atoms with E-state index in [0.717, 1.165) is 30.9 Å². The summed E-state index contributed by atoms with van der Waals surface area (Å²) in [7, 11) is 3.56. The summed E-state index contributed by atoms with van der Waals surface area (Å²) in [4.78, 5) is 15.4. The van der Waals surface area contributed by atoms with E-state index in [0.29, 0.717) is 13.2 Å². The van der Waals surface area contributed by atoms with E-state index in [4.69, 9.17) is 10.5 Å². The van der Waals surface area contributed by atoms with Crippen LogP contribution in [0, 0.1) is 0 Å². The van der Waals surface area contributed by atoms with Crippen molar-refractivity contribution >= 4 is 11.6 Å². The number of carbonyl (C=O) groups is 1. The van der Waals surface area contributed by atoms with Crippen LogP contribution in [0.15, 0.2) is 24.3 Å². The zero-order valence-corrected chi connectivity index (χ0v) is 12.6. The number of ether oxygens (including phenoxy) is 1.